The van der Waals surface area contributed by atoms with Gasteiger partial charge in [-0.2, -0.15) is 0 Å². The summed E-state index contributed by atoms with van der Waals surface area (Å²) < 4.78 is 0. The summed E-state index contributed by atoms with van der Waals surface area (Å²) in [6.45, 7) is 0. The van der Waals surface area contributed by atoms with Crippen molar-refractivity contribution in [2.45, 2.75) is 12.8 Å². The Morgan fingerprint density at radius 1 is 1.42 bits per heavy atom. The van der Waals surface area contributed by atoms with Gasteiger partial charge in [0, 0.05) is 17.9 Å². The maximum absolute atomic E-state index is 11.2. The molecule has 1 aliphatic heterocycles. The topological polar surface area (TPSA) is 46.2 Å². The predicted octanol–water partition coefficient (Wildman–Crippen LogP) is 0.535. The minimum Gasteiger partial charge on any atom is -0.293 e. The number of hydrogen-bond acceptors (Lipinski definition) is 2. The minimum absolute atomic E-state index is 0.122. The number of fused-ring (bicyclic) bond motifs is 1. The van der Waals surface area contributed by atoms with Crippen molar-refractivity contribution in [1.29, 1.82) is 0 Å². The van der Waals surface area contributed by atoms with E-state index in [1.807, 2.05) is 12.2 Å². The first-order chi connectivity index (χ1) is 5.77. The Morgan fingerprint density at radius 2 is 2.25 bits per heavy atom. The summed E-state index contributed by atoms with van der Waals surface area (Å²) in [5.41, 5.74) is 0.747. The van der Waals surface area contributed by atoms with E-state index in [1.54, 1.807) is 6.08 Å². The molecule has 0 radical (unpaired) electrons. The van der Waals surface area contributed by atoms with E-state index >= 15 is 0 Å². The van der Waals surface area contributed by atoms with Crippen LogP contribution in [0.3, 0.4) is 0 Å². The highest BCUT2D eigenvalue weighted by Gasteiger charge is 2.29. The van der Waals surface area contributed by atoms with Crippen molar-refractivity contribution < 1.29 is 9.59 Å². The lowest BCUT2D eigenvalue weighted by Crippen LogP contribution is -2.40. The molecule has 0 bridgehead atoms. The first-order valence-corrected chi connectivity index (χ1v) is 3.98. The lowest BCUT2D eigenvalue weighted by atomic mass is 9.85. The molecule has 1 unspecified atom stereocenters. The van der Waals surface area contributed by atoms with Gasteiger partial charge in [0.15, 0.2) is 0 Å². The average molecular weight is 163 g/mol. The molecule has 1 atom stereocenters. The fraction of sp³-hybridized carbons (Fsp3) is 0.333. The van der Waals surface area contributed by atoms with E-state index in [-0.39, 0.29) is 17.7 Å². The first kappa shape index (κ1) is 7.28. The molecule has 0 aromatic rings. The van der Waals surface area contributed by atoms with E-state index in [1.165, 1.54) is 0 Å². The van der Waals surface area contributed by atoms with Crippen LogP contribution in [0.2, 0.25) is 0 Å². The molecular weight excluding hydrogens is 154 g/mol. The van der Waals surface area contributed by atoms with Gasteiger partial charge in [0.05, 0.1) is 0 Å². The van der Waals surface area contributed by atoms with Gasteiger partial charge in [0.2, 0.25) is 5.91 Å². The highest BCUT2D eigenvalue weighted by Crippen LogP contribution is 2.26. The number of hydrogen-bond donors (Lipinski definition) is 1. The second kappa shape index (κ2) is 2.59. The number of carbonyl (C=O) groups excluding carboxylic acids is 2. The smallest absolute Gasteiger partial charge is 0.254 e. The normalized spacial score (nSPS) is 27.7. The highest BCUT2D eigenvalue weighted by molar-refractivity contribution is 6.08. The van der Waals surface area contributed by atoms with Crippen molar-refractivity contribution in [2.75, 3.05) is 0 Å². The largest absolute Gasteiger partial charge is 0.293 e. The maximum atomic E-state index is 11.2. The summed E-state index contributed by atoms with van der Waals surface area (Å²) in [5, 5.41) is 2.30. The van der Waals surface area contributed by atoms with Crippen molar-refractivity contribution in [3.8, 4) is 0 Å². The first-order valence-electron chi connectivity index (χ1n) is 3.98. The molecule has 2 amide bonds. The summed E-state index contributed by atoms with van der Waals surface area (Å²) >= 11 is 0. The molecule has 1 heterocycles. The van der Waals surface area contributed by atoms with Crippen molar-refractivity contribution in [2.24, 2.45) is 5.92 Å². The van der Waals surface area contributed by atoms with Gasteiger partial charge in [-0.05, 0) is 6.42 Å². The molecule has 3 nitrogen and oxygen atoms in total. The van der Waals surface area contributed by atoms with Gasteiger partial charge in [0.1, 0.15) is 0 Å². The molecule has 1 aliphatic carbocycles. The van der Waals surface area contributed by atoms with Gasteiger partial charge in [-0.15, -0.1) is 0 Å². The third kappa shape index (κ3) is 1.07. The molecule has 0 saturated carbocycles. The second-order valence-electron chi connectivity index (χ2n) is 3.06. The standard InChI is InChI=1S/C9H9NO2/c11-8-5-6-3-1-2-4-7(6)9(12)10-8/h1-2,4,6H,3,5H2,(H,10,11,12). The molecule has 2 rings (SSSR count). The Bertz CT molecular complexity index is 302. The van der Waals surface area contributed by atoms with Crippen LogP contribution in [0, 0.1) is 5.92 Å². The van der Waals surface area contributed by atoms with E-state index in [0.29, 0.717) is 6.42 Å². The Morgan fingerprint density at radius 3 is 3.08 bits per heavy atom. The minimum atomic E-state index is -0.222. The molecule has 1 N–H and O–H groups in total. The number of allylic oxidation sites excluding steroid dienone is 3. The van der Waals surface area contributed by atoms with Gasteiger partial charge in [-0.3, -0.25) is 14.9 Å². The zero-order valence-corrected chi connectivity index (χ0v) is 6.54. The van der Waals surface area contributed by atoms with E-state index in [2.05, 4.69) is 5.32 Å². The zero-order chi connectivity index (χ0) is 8.55. The Hall–Kier alpha value is -1.38. The van der Waals surface area contributed by atoms with Crippen LogP contribution >= 0.6 is 0 Å². The van der Waals surface area contributed by atoms with Gasteiger partial charge in [-0.1, -0.05) is 18.2 Å². The van der Waals surface area contributed by atoms with Crippen LogP contribution in [0.5, 0.6) is 0 Å². The molecule has 12 heavy (non-hydrogen) atoms. The van der Waals surface area contributed by atoms with Gasteiger partial charge >= 0.3 is 0 Å². The van der Waals surface area contributed by atoms with Crippen LogP contribution < -0.4 is 5.32 Å². The molecule has 1 saturated heterocycles. The van der Waals surface area contributed by atoms with Crippen LogP contribution in [0.4, 0.5) is 0 Å². The molecule has 2 aliphatic rings. The van der Waals surface area contributed by atoms with E-state index < -0.39 is 0 Å². The summed E-state index contributed by atoms with van der Waals surface area (Å²) in [6, 6.07) is 0. The Kier molecular flexibility index (Phi) is 1.57. The Balaban J connectivity index is 2.30. The number of rotatable bonds is 0. The van der Waals surface area contributed by atoms with E-state index in [9.17, 15) is 9.59 Å². The van der Waals surface area contributed by atoms with E-state index in [0.717, 1.165) is 12.0 Å². The lowest BCUT2D eigenvalue weighted by molar-refractivity contribution is -0.131. The summed E-state index contributed by atoms with van der Waals surface area (Å²) in [4.78, 5) is 22.1. The highest BCUT2D eigenvalue weighted by atomic mass is 16.2. The number of piperidine rings is 1. The molecule has 0 spiro atoms. The van der Waals surface area contributed by atoms with Crippen LogP contribution in [-0.4, -0.2) is 11.8 Å². The third-order valence-electron chi connectivity index (χ3n) is 2.22. The SMILES string of the molecule is O=C1CC2CC=CC=C2C(=O)N1. The molecule has 3 heteroatoms. The number of nitrogens with one attached hydrogen (secondary N) is 1. The monoisotopic (exact) mass is 163 g/mol. The van der Waals surface area contributed by atoms with Crippen LogP contribution in [-0.2, 0) is 9.59 Å². The van der Waals surface area contributed by atoms with Crippen molar-refractivity contribution in [1.82, 2.24) is 5.32 Å². The van der Waals surface area contributed by atoms with Gasteiger partial charge in [0.25, 0.3) is 5.91 Å². The van der Waals surface area contributed by atoms with Crippen LogP contribution in [0.25, 0.3) is 0 Å². The van der Waals surface area contributed by atoms with Crippen molar-refractivity contribution in [3.05, 3.63) is 23.8 Å². The maximum Gasteiger partial charge on any atom is 0.254 e. The van der Waals surface area contributed by atoms with Crippen LogP contribution in [0.15, 0.2) is 23.8 Å². The molecule has 0 aromatic heterocycles. The fourth-order valence-corrected chi connectivity index (χ4v) is 1.61. The number of imide groups is 1. The number of amides is 2. The molecule has 0 aromatic carbocycles. The molecule has 62 valence electrons. The fourth-order valence-electron chi connectivity index (χ4n) is 1.61. The Labute approximate surface area is 70.1 Å². The number of carbonyl (C=O) groups is 2. The van der Waals surface area contributed by atoms with Gasteiger partial charge < -0.3 is 0 Å². The third-order valence-corrected chi connectivity index (χ3v) is 2.22. The average Bonchev–Trinajstić information content (AvgIpc) is 2.04. The quantitative estimate of drug-likeness (QED) is 0.529. The van der Waals surface area contributed by atoms with Crippen LogP contribution in [0.1, 0.15) is 12.8 Å². The van der Waals surface area contributed by atoms with Crippen molar-refractivity contribution in [3.63, 3.8) is 0 Å². The van der Waals surface area contributed by atoms with Crippen molar-refractivity contribution >= 4 is 11.8 Å². The van der Waals surface area contributed by atoms with Gasteiger partial charge in [-0.25, -0.2) is 0 Å². The zero-order valence-electron chi connectivity index (χ0n) is 6.54. The molecule has 1 fully saturated rings. The molecular formula is C9H9NO2. The second-order valence-corrected chi connectivity index (χ2v) is 3.06. The predicted molar refractivity (Wildman–Crippen MR) is 43.1 cm³/mol. The van der Waals surface area contributed by atoms with E-state index in [4.69, 9.17) is 0 Å². The lowest BCUT2D eigenvalue weighted by Gasteiger charge is -2.24. The summed E-state index contributed by atoms with van der Waals surface area (Å²) in [6.07, 6.45) is 6.89. The summed E-state index contributed by atoms with van der Waals surface area (Å²) in [7, 11) is 0. The summed E-state index contributed by atoms with van der Waals surface area (Å²) in [5.74, 6) is -0.255.